The van der Waals surface area contributed by atoms with Crippen molar-refractivity contribution < 1.29 is 9.59 Å². The number of carbonyl (C=O) groups is 2. The van der Waals surface area contributed by atoms with Crippen LogP contribution in [-0.2, 0) is 29.0 Å². The SMILES string of the molecule is O=C(Cc1ccccc1Cl)NCc1ccc2c(c1)CC(=O)N2. The lowest BCUT2D eigenvalue weighted by molar-refractivity contribution is -0.120. The van der Waals surface area contributed by atoms with Crippen LogP contribution in [0.15, 0.2) is 42.5 Å². The van der Waals surface area contributed by atoms with Gasteiger partial charge >= 0.3 is 0 Å². The van der Waals surface area contributed by atoms with Crippen LogP contribution >= 0.6 is 11.6 Å². The van der Waals surface area contributed by atoms with Crippen molar-refractivity contribution in [1.29, 1.82) is 0 Å². The van der Waals surface area contributed by atoms with Gasteiger partial charge in [-0.1, -0.05) is 41.9 Å². The first-order valence-corrected chi connectivity index (χ1v) is 7.41. The Labute approximate surface area is 133 Å². The molecule has 4 nitrogen and oxygen atoms in total. The molecule has 2 amide bonds. The number of amides is 2. The van der Waals surface area contributed by atoms with E-state index < -0.39 is 0 Å². The number of hydrogen-bond acceptors (Lipinski definition) is 2. The van der Waals surface area contributed by atoms with E-state index in [2.05, 4.69) is 10.6 Å². The van der Waals surface area contributed by atoms with Crippen molar-refractivity contribution in [2.24, 2.45) is 0 Å². The summed E-state index contributed by atoms with van der Waals surface area (Å²) in [6.07, 6.45) is 0.654. The molecule has 0 spiro atoms. The summed E-state index contributed by atoms with van der Waals surface area (Å²) in [6, 6.07) is 13.0. The van der Waals surface area contributed by atoms with E-state index >= 15 is 0 Å². The van der Waals surface area contributed by atoms with E-state index in [1.54, 1.807) is 6.07 Å². The van der Waals surface area contributed by atoms with Gasteiger partial charge in [-0.2, -0.15) is 0 Å². The van der Waals surface area contributed by atoms with Gasteiger partial charge in [0.05, 0.1) is 12.8 Å². The fourth-order valence-corrected chi connectivity index (χ4v) is 2.67. The van der Waals surface area contributed by atoms with Crippen LogP contribution in [0, 0.1) is 0 Å². The normalized spacial score (nSPS) is 12.7. The topological polar surface area (TPSA) is 58.2 Å². The Bertz CT molecular complexity index is 743. The Morgan fingerprint density at radius 2 is 2.05 bits per heavy atom. The maximum Gasteiger partial charge on any atom is 0.228 e. The fraction of sp³-hybridized carbons (Fsp3) is 0.176. The van der Waals surface area contributed by atoms with Gasteiger partial charge < -0.3 is 10.6 Å². The van der Waals surface area contributed by atoms with Gasteiger partial charge in [0.1, 0.15) is 0 Å². The summed E-state index contributed by atoms with van der Waals surface area (Å²) in [7, 11) is 0. The molecule has 2 aromatic rings. The zero-order valence-corrected chi connectivity index (χ0v) is 12.6. The van der Waals surface area contributed by atoms with Crippen molar-refractivity contribution in [3.8, 4) is 0 Å². The molecule has 0 radical (unpaired) electrons. The van der Waals surface area contributed by atoms with Crippen LogP contribution in [0.1, 0.15) is 16.7 Å². The minimum absolute atomic E-state index is 0.00917. The lowest BCUT2D eigenvalue weighted by Crippen LogP contribution is -2.24. The summed E-state index contributed by atoms with van der Waals surface area (Å²) in [5.41, 5.74) is 3.62. The van der Waals surface area contributed by atoms with E-state index in [1.807, 2.05) is 36.4 Å². The molecule has 0 aromatic heterocycles. The molecule has 5 heteroatoms. The summed E-state index contributed by atoms with van der Waals surface area (Å²) in [4.78, 5) is 23.3. The van der Waals surface area contributed by atoms with Crippen LogP contribution < -0.4 is 10.6 Å². The number of carbonyl (C=O) groups excluding carboxylic acids is 2. The number of halogens is 1. The van der Waals surface area contributed by atoms with Gasteiger partial charge in [-0.3, -0.25) is 9.59 Å². The van der Waals surface area contributed by atoms with E-state index in [4.69, 9.17) is 11.6 Å². The standard InChI is InChI=1S/C17H15ClN2O2/c18-14-4-2-1-3-12(14)8-16(21)19-10-11-5-6-15-13(7-11)9-17(22)20-15/h1-7H,8-10H2,(H,19,21)(H,20,22). The Kier molecular flexibility index (Phi) is 4.11. The summed E-state index contributed by atoms with van der Waals surface area (Å²) in [5.74, 6) is -0.0716. The predicted molar refractivity (Wildman–Crippen MR) is 85.8 cm³/mol. The fourth-order valence-electron chi connectivity index (χ4n) is 2.47. The van der Waals surface area contributed by atoms with Crippen LogP contribution in [0.2, 0.25) is 5.02 Å². The molecule has 0 bridgehead atoms. The minimum Gasteiger partial charge on any atom is -0.352 e. The smallest absolute Gasteiger partial charge is 0.228 e. The highest BCUT2D eigenvalue weighted by atomic mass is 35.5. The quantitative estimate of drug-likeness (QED) is 0.911. The number of fused-ring (bicyclic) bond motifs is 1. The first-order valence-electron chi connectivity index (χ1n) is 7.03. The third-order valence-electron chi connectivity index (χ3n) is 3.59. The van der Waals surface area contributed by atoms with Crippen LogP contribution in [0.5, 0.6) is 0 Å². The van der Waals surface area contributed by atoms with E-state index in [0.717, 1.165) is 22.4 Å². The van der Waals surface area contributed by atoms with Gasteiger partial charge in [-0.25, -0.2) is 0 Å². The van der Waals surface area contributed by atoms with E-state index in [1.165, 1.54) is 0 Å². The first-order chi connectivity index (χ1) is 10.6. The zero-order chi connectivity index (χ0) is 15.5. The zero-order valence-electron chi connectivity index (χ0n) is 11.9. The molecule has 3 rings (SSSR count). The molecule has 1 heterocycles. The summed E-state index contributed by atoms with van der Waals surface area (Å²) >= 11 is 6.04. The molecule has 0 fully saturated rings. The predicted octanol–water partition coefficient (Wildman–Crippen LogP) is 2.69. The number of anilines is 1. The summed E-state index contributed by atoms with van der Waals surface area (Å²) in [6.45, 7) is 0.435. The molecule has 1 aliphatic heterocycles. The molecule has 0 aliphatic carbocycles. The van der Waals surface area contributed by atoms with Crippen LogP contribution in [-0.4, -0.2) is 11.8 Å². The van der Waals surface area contributed by atoms with E-state index in [-0.39, 0.29) is 18.2 Å². The lowest BCUT2D eigenvalue weighted by atomic mass is 10.1. The maximum absolute atomic E-state index is 12.0. The van der Waals surface area contributed by atoms with E-state index in [9.17, 15) is 9.59 Å². The van der Waals surface area contributed by atoms with Crippen molar-refractivity contribution in [2.75, 3.05) is 5.32 Å². The number of benzene rings is 2. The Morgan fingerprint density at radius 3 is 2.86 bits per heavy atom. The molecule has 0 atom stereocenters. The van der Waals surface area contributed by atoms with Crippen LogP contribution in [0.25, 0.3) is 0 Å². The molecular formula is C17H15ClN2O2. The second-order valence-electron chi connectivity index (χ2n) is 5.26. The van der Waals surface area contributed by atoms with E-state index in [0.29, 0.717) is 18.0 Å². The third-order valence-corrected chi connectivity index (χ3v) is 3.96. The van der Waals surface area contributed by atoms with Crippen molar-refractivity contribution >= 4 is 29.1 Å². The minimum atomic E-state index is -0.0807. The molecule has 2 N–H and O–H groups in total. The molecule has 2 aromatic carbocycles. The molecule has 1 aliphatic rings. The molecule has 0 saturated heterocycles. The van der Waals surface area contributed by atoms with Crippen molar-refractivity contribution in [3.63, 3.8) is 0 Å². The molecule has 22 heavy (non-hydrogen) atoms. The van der Waals surface area contributed by atoms with Crippen LogP contribution in [0.4, 0.5) is 5.69 Å². The summed E-state index contributed by atoms with van der Waals surface area (Å²) < 4.78 is 0. The maximum atomic E-state index is 12.0. The number of hydrogen-bond donors (Lipinski definition) is 2. The molecule has 112 valence electrons. The molecule has 0 unspecified atom stereocenters. The van der Waals surface area contributed by atoms with Gasteiger partial charge in [0, 0.05) is 17.3 Å². The van der Waals surface area contributed by atoms with Gasteiger partial charge in [-0.15, -0.1) is 0 Å². The first kappa shape index (κ1) is 14.6. The second kappa shape index (κ2) is 6.20. The van der Waals surface area contributed by atoms with Crippen molar-refractivity contribution in [3.05, 3.63) is 64.2 Å². The number of rotatable bonds is 4. The molecular weight excluding hydrogens is 300 g/mol. The number of nitrogens with one attached hydrogen (secondary N) is 2. The van der Waals surface area contributed by atoms with Gasteiger partial charge in [0.25, 0.3) is 0 Å². The Hall–Kier alpha value is -2.33. The van der Waals surface area contributed by atoms with Gasteiger partial charge in [-0.05, 0) is 28.8 Å². The lowest BCUT2D eigenvalue weighted by Gasteiger charge is -2.08. The average molecular weight is 315 g/mol. The van der Waals surface area contributed by atoms with Gasteiger partial charge in [0.15, 0.2) is 0 Å². The highest BCUT2D eigenvalue weighted by Crippen LogP contribution is 2.23. The largest absolute Gasteiger partial charge is 0.352 e. The monoisotopic (exact) mass is 314 g/mol. The van der Waals surface area contributed by atoms with Gasteiger partial charge in [0.2, 0.25) is 11.8 Å². The molecule has 0 saturated carbocycles. The van der Waals surface area contributed by atoms with Crippen LogP contribution in [0.3, 0.4) is 0 Å². The average Bonchev–Trinajstić information content (AvgIpc) is 2.87. The van der Waals surface area contributed by atoms with Crippen molar-refractivity contribution in [2.45, 2.75) is 19.4 Å². The summed E-state index contributed by atoms with van der Waals surface area (Å²) in [5, 5.41) is 6.26. The Balaban J connectivity index is 1.59. The highest BCUT2D eigenvalue weighted by Gasteiger charge is 2.17. The third kappa shape index (κ3) is 3.28. The highest BCUT2D eigenvalue weighted by molar-refractivity contribution is 6.31. The Morgan fingerprint density at radius 1 is 1.23 bits per heavy atom. The van der Waals surface area contributed by atoms with Crippen molar-refractivity contribution in [1.82, 2.24) is 5.32 Å². The second-order valence-corrected chi connectivity index (χ2v) is 5.67.